The van der Waals surface area contributed by atoms with Gasteiger partial charge in [0.1, 0.15) is 5.15 Å². The number of halogens is 2. The van der Waals surface area contributed by atoms with Crippen molar-refractivity contribution in [3.05, 3.63) is 29.0 Å². The van der Waals surface area contributed by atoms with E-state index in [1.807, 2.05) is 0 Å². The van der Waals surface area contributed by atoms with E-state index in [0.717, 1.165) is 0 Å². The Kier molecular flexibility index (Phi) is 3.78. The van der Waals surface area contributed by atoms with E-state index in [9.17, 15) is 17.6 Å². The van der Waals surface area contributed by atoms with Gasteiger partial charge in [0.15, 0.2) is 5.67 Å². The fourth-order valence-corrected chi connectivity index (χ4v) is 2.61. The number of nitrogens with zero attached hydrogens (tertiary/aromatic N) is 1. The zero-order chi connectivity index (χ0) is 14.1. The average molecular weight is 307 g/mol. The fraction of sp³-hybridized carbons (Fsp3) is 0.455. The first-order valence-electron chi connectivity index (χ1n) is 5.65. The van der Waals surface area contributed by atoms with Gasteiger partial charge in [-0.25, -0.2) is 17.8 Å². The number of carbonyl (C=O) groups excluding carboxylic acids is 1. The molecule has 1 aliphatic rings. The molecule has 0 saturated heterocycles. The lowest BCUT2D eigenvalue weighted by atomic mass is 10.2. The number of aromatic nitrogens is 1. The molecule has 0 atom stereocenters. The van der Waals surface area contributed by atoms with Crippen LogP contribution in [0.4, 0.5) is 4.39 Å². The molecule has 1 aliphatic carbocycles. The Labute approximate surface area is 115 Å². The van der Waals surface area contributed by atoms with Gasteiger partial charge in [-0.05, 0) is 30.9 Å². The lowest BCUT2D eigenvalue weighted by molar-refractivity contribution is -0.125. The van der Waals surface area contributed by atoms with Crippen LogP contribution in [0.15, 0.2) is 18.3 Å². The van der Waals surface area contributed by atoms with Crippen molar-refractivity contribution in [3.63, 3.8) is 0 Å². The van der Waals surface area contributed by atoms with Crippen LogP contribution in [0.5, 0.6) is 0 Å². The fourth-order valence-electron chi connectivity index (χ4n) is 1.43. The summed E-state index contributed by atoms with van der Waals surface area (Å²) in [4.78, 5) is 15.1. The summed E-state index contributed by atoms with van der Waals surface area (Å²) < 4.78 is 38.3. The lowest BCUT2D eigenvalue weighted by Crippen LogP contribution is -2.39. The summed E-state index contributed by atoms with van der Waals surface area (Å²) in [5.41, 5.74) is -1.32. The van der Waals surface area contributed by atoms with Gasteiger partial charge >= 0.3 is 0 Å². The number of hydrogen-bond acceptors (Lipinski definition) is 4. The number of sulfonamides is 1. The summed E-state index contributed by atoms with van der Waals surface area (Å²) in [7, 11) is -3.83. The first-order chi connectivity index (χ1) is 8.81. The van der Waals surface area contributed by atoms with Crippen LogP contribution in [0.3, 0.4) is 0 Å². The normalized spacial score (nSPS) is 16.9. The van der Waals surface area contributed by atoms with Crippen LogP contribution >= 0.6 is 11.6 Å². The van der Waals surface area contributed by atoms with Gasteiger partial charge in [0.2, 0.25) is 10.0 Å². The molecule has 2 rings (SSSR count). The van der Waals surface area contributed by atoms with E-state index in [-0.39, 0.29) is 25.0 Å². The Bertz CT molecular complexity index is 584. The zero-order valence-electron chi connectivity index (χ0n) is 9.90. The van der Waals surface area contributed by atoms with Gasteiger partial charge in [-0.3, -0.25) is 9.52 Å². The molecule has 1 aromatic rings. The van der Waals surface area contributed by atoms with Crippen molar-refractivity contribution >= 4 is 27.5 Å². The van der Waals surface area contributed by atoms with E-state index < -0.39 is 21.6 Å². The Balaban J connectivity index is 1.90. The number of amides is 1. The molecule has 0 bridgehead atoms. The predicted molar refractivity (Wildman–Crippen MR) is 68.0 cm³/mol. The maximum absolute atomic E-state index is 13.3. The Morgan fingerprint density at radius 1 is 1.47 bits per heavy atom. The van der Waals surface area contributed by atoms with Crippen LogP contribution in [0.2, 0.25) is 5.15 Å². The number of carbonyl (C=O) groups is 1. The molecule has 8 heteroatoms. The number of alkyl halides is 1. The zero-order valence-corrected chi connectivity index (χ0v) is 11.5. The molecular formula is C11H12ClFN2O3S. The van der Waals surface area contributed by atoms with E-state index in [1.54, 1.807) is 16.9 Å². The van der Waals surface area contributed by atoms with Crippen molar-refractivity contribution in [1.29, 1.82) is 0 Å². The summed E-state index contributed by atoms with van der Waals surface area (Å²) in [6.45, 7) is 0. The number of nitrogens with one attached hydrogen (secondary N) is 1. The second-order valence-electron chi connectivity index (χ2n) is 4.45. The van der Waals surface area contributed by atoms with Gasteiger partial charge < -0.3 is 0 Å². The van der Waals surface area contributed by atoms with Crippen LogP contribution < -0.4 is 4.72 Å². The van der Waals surface area contributed by atoms with Crippen molar-refractivity contribution in [2.75, 3.05) is 5.75 Å². The molecule has 5 nitrogen and oxygen atoms in total. The van der Waals surface area contributed by atoms with Crippen molar-refractivity contribution in [3.8, 4) is 0 Å². The Hall–Kier alpha value is -1.21. The molecule has 1 fully saturated rings. The van der Waals surface area contributed by atoms with Gasteiger partial charge in [0.25, 0.3) is 5.91 Å². The maximum Gasteiger partial charge on any atom is 0.271 e. The molecule has 1 saturated carbocycles. The van der Waals surface area contributed by atoms with E-state index in [4.69, 9.17) is 11.6 Å². The molecule has 0 radical (unpaired) electrons. The van der Waals surface area contributed by atoms with Crippen molar-refractivity contribution in [2.45, 2.75) is 24.9 Å². The first kappa shape index (κ1) is 14.2. The highest BCUT2D eigenvalue weighted by atomic mass is 35.5. The number of hydrogen-bond donors (Lipinski definition) is 1. The largest absolute Gasteiger partial charge is 0.271 e. The second-order valence-corrected chi connectivity index (χ2v) is 6.68. The summed E-state index contributed by atoms with van der Waals surface area (Å²) in [5, 5.41) is 0.313. The highest BCUT2D eigenvalue weighted by molar-refractivity contribution is 7.90. The topological polar surface area (TPSA) is 76.1 Å². The number of aryl methyl sites for hydroxylation is 1. The number of pyridine rings is 1. The molecule has 19 heavy (non-hydrogen) atoms. The van der Waals surface area contributed by atoms with Gasteiger partial charge in [-0.2, -0.15) is 0 Å². The highest BCUT2D eigenvalue weighted by Crippen LogP contribution is 2.39. The number of rotatable bonds is 5. The highest BCUT2D eigenvalue weighted by Gasteiger charge is 2.51. The standard InChI is InChI=1S/C11H12ClFN2O3S/c12-9-2-1-8(7-14-9)3-6-19(17,18)15-10(16)11(13)4-5-11/h1-2,7H,3-6H2,(H,15,16). The SMILES string of the molecule is O=C(NS(=O)(=O)CCc1ccc(Cl)nc1)C1(F)CC1. The molecule has 0 aliphatic heterocycles. The van der Waals surface area contributed by atoms with Gasteiger partial charge in [-0.1, -0.05) is 17.7 Å². The predicted octanol–water partition coefficient (Wildman–Crippen LogP) is 1.23. The second kappa shape index (κ2) is 5.05. The van der Waals surface area contributed by atoms with E-state index in [1.165, 1.54) is 6.20 Å². The van der Waals surface area contributed by atoms with Gasteiger partial charge in [0.05, 0.1) is 5.75 Å². The molecule has 0 aromatic carbocycles. The summed E-state index contributed by atoms with van der Waals surface area (Å²) in [6.07, 6.45) is 1.79. The summed E-state index contributed by atoms with van der Waals surface area (Å²) in [5.74, 6) is -1.38. The maximum atomic E-state index is 13.3. The van der Waals surface area contributed by atoms with E-state index in [0.29, 0.717) is 10.7 Å². The van der Waals surface area contributed by atoms with Crippen LogP contribution in [-0.4, -0.2) is 30.7 Å². The third kappa shape index (κ3) is 3.87. The molecule has 1 amide bonds. The smallest absolute Gasteiger partial charge is 0.270 e. The quantitative estimate of drug-likeness (QED) is 0.830. The van der Waals surface area contributed by atoms with Crippen molar-refractivity contribution in [2.24, 2.45) is 0 Å². The molecule has 0 spiro atoms. The molecule has 0 unspecified atom stereocenters. The van der Waals surface area contributed by atoms with Crippen LogP contribution in [0, 0.1) is 0 Å². The average Bonchev–Trinajstić information content (AvgIpc) is 3.08. The van der Waals surface area contributed by atoms with Crippen LogP contribution in [0.1, 0.15) is 18.4 Å². The Morgan fingerprint density at radius 2 is 2.16 bits per heavy atom. The Morgan fingerprint density at radius 3 is 2.68 bits per heavy atom. The molecule has 1 aromatic heterocycles. The monoisotopic (exact) mass is 306 g/mol. The van der Waals surface area contributed by atoms with Crippen molar-refractivity contribution < 1.29 is 17.6 Å². The summed E-state index contributed by atoms with van der Waals surface area (Å²) in [6, 6.07) is 3.19. The minimum Gasteiger partial charge on any atom is -0.270 e. The summed E-state index contributed by atoms with van der Waals surface area (Å²) >= 11 is 5.60. The third-order valence-electron chi connectivity index (χ3n) is 2.79. The molecule has 104 valence electrons. The third-order valence-corrected chi connectivity index (χ3v) is 4.25. The minimum absolute atomic E-state index is 0.0788. The molecule has 1 heterocycles. The van der Waals surface area contributed by atoms with Crippen LogP contribution in [0.25, 0.3) is 0 Å². The molecular weight excluding hydrogens is 295 g/mol. The van der Waals surface area contributed by atoms with E-state index >= 15 is 0 Å². The molecule has 1 N–H and O–H groups in total. The lowest BCUT2D eigenvalue weighted by Gasteiger charge is -2.08. The van der Waals surface area contributed by atoms with Crippen LogP contribution in [-0.2, 0) is 21.2 Å². The van der Waals surface area contributed by atoms with E-state index in [2.05, 4.69) is 4.98 Å². The minimum atomic E-state index is -3.83. The van der Waals surface area contributed by atoms with Gasteiger partial charge in [0, 0.05) is 6.20 Å². The van der Waals surface area contributed by atoms with Crippen molar-refractivity contribution in [1.82, 2.24) is 9.71 Å². The van der Waals surface area contributed by atoms with Gasteiger partial charge in [-0.15, -0.1) is 0 Å². The first-order valence-corrected chi connectivity index (χ1v) is 7.68.